The van der Waals surface area contributed by atoms with Crippen molar-refractivity contribution in [3.05, 3.63) is 0 Å². The average molecular weight is 983 g/mol. The molecule has 0 aromatic rings. The molecule has 27 N–H and O–H groups in total. The summed E-state index contributed by atoms with van der Waals surface area (Å²) >= 11 is 0. The highest BCUT2D eigenvalue weighted by atomic mass is 16.4. The minimum absolute atomic E-state index is 0.0121. The van der Waals surface area contributed by atoms with Gasteiger partial charge in [0.25, 0.3) is 0 Å². The second-order valence-corrected chi connectivity index (χ2v) is 14.5. The Bertz CT molecular complexity index is 1440. The number of carboxylic acids is 7. The van der Waals surface area contributed by atoms with E-state index in [9.17, 15) is 38.4 Å². The third kappa shape index (κ3) is 41.6. The molecule has 392 valence electrons. The molecular weight excluding hydrogens is 909 g/mol. The van der Waals surface area contributed by atoms with E-state index in [2.05, 4.69) is 41.2 Å². The van der Waals surface area contributed by atoms with Gasteiger partial charge in [-0.2, -0.15) is 0 Å². The van der Waals surface area contributed by atoms with Crippen LogP contribution in [0.5, 0.6) is 0 Å². The monoisotopic (exact) mass is 983 g/mol. The van der Waals surface area contributed by atoms with Crippen molar-refractivity contribution >= 4 is 71.4 Å². The zero-order valence-electron chi connectivity index (χ0n) is 38.9. The maximum Gasteiger partial charge on any atom is 0.320 e. The maximum atomic E-state index is 11.0. The fourth-order valence-corrected chi connectivity index (χ4v) is 4.66. The van der Waals surface area contributed by atoms with Gasteiger partial charge in [-0.25, -0.2) is 0 Å². The Morgan fingerprint density at radius 2 is 0.529 bits per heavy atom. The molecule has 0 aliphatic heterocycles. The number of ketones is 1. The van der Waals surface area contributed by atoms with E-state index < -0.39 is 90.1 Å². The van der Waals surface area contributed by atoms with Gasteiger partial charge in [-0.15, -0.1) is 0 Å². The van der Waals surface area contributed by atoms with Crippen LogP contribution in [0.4, 0.5) is 0 Å². The van der Waals surface area contributed by atoms with Crippen LogP contribution in [0.15, 0.2) is 20.0 Å². The van der Waals surface area contributed by atoms with Crippen molar-refractivity contribution in [2.75, 3.05) is 26.2 Å². The Morgan fingerprint density at radius 3 is 0.662 bits per heavy atom. The summed E-state index contributed by atoms with van der Waals surface area (Å²) in [5.74, 6) is -7.82. The smallest absolute Gasteiger partial charge is 0.320 e. The zero-order chi connectivity index (χ0) is 53.7. The number of carbonyl (C=O) groups excluding carboxylic acids is 1. The highest BCUT2D eigenvalue weighted by molar-refractivity contribution is 5.83. The van der Waals surface area contributed by atoms with Gasteiger partial charge in [0.15, 0.2) is 23.8 Å². The molecule has 0 fully saturated rings. The predicted octanol–water partition coefficient (Wildman–Crippen LogP) is -5.27. The van der Waals surface area contributed by atoms with E-state index in [4.69, 9.17) is 81.6 Å². The Balaban J connectivity index is -0.000000402. The first-order valence-electron chi connectivity index (χ1n) is 20.7. The number of rotatable bonds is 32. The van der Waals surface area contributed by atoms with Crippen LogP contribution in [0.1, 0.15) is 86.0 Å². The van der Waals surface area contributed by atoms with Crippen molar-refractivity contribution in [2.24, 2.45) is 65.8 Å². The molecule has 0 amide bonds. The molecule has 0 aromatic carbocycles. The molecule has 0 radical (unpaired) electrons. The summed E-state index contributed by atoms with van der Waals surface area (Å²) in [4.78, 5) is 101. The van der Waals surface area contributed by atoms with Crippen molar-refractivity contribution in [1.82, 2.24) is 21.3 Å². The number of guanidine groups is 4. The van der Waals surface area contributed by atoms with E-state index >= 15 is 0 Å². The van der Waals surface area contributed by atoms with Crippen LogP contribution in [0, 0.1) is 0 Å². The molecule has 0 aromatic heterocycles. The number of aliphatic carboxylic acids is 7. The molecule has 0 heterocycles. The van der Waals surface area contributed by atoms with E-state index in [1.165, 1.54) is 27.7 Å². The Labute approximate surface area is 392 Å². The lowest BCUT2D eigenvalue weighted by Gasteiger charge is -2.17. The number of carbonyl (C=O) groups is 8. The van der Waals surface area contributed by atoms with Crippen LogP contribution >= 0.6 is 0 Å². The van der Waals surface area contributed by atoms with Crippen molar-refractivity contribution in [1.29, 1.82) is 0 Å². The highest BCUT2D eigenvalue weighted by Crippen LogP contribution is 2.04. The van der Waals surface area contributed by atoms with E-state index in [0.29, 0.717) is 58.3 Å². The first kappa shape index (κ1) is 67.5. The maximum absolute atomic E-state index is 11.0. The first-order valence-corrected chi connectivity index (χ1v) is 20.7. The molecule has 8 atom stereocenters. The quantitative estimate of drug-likeness (QED) is 0.0170. The lowest BCUT2D eigenvalue weighted by atomic mass is 10.1. The second kappa shape index (κ2) is 39.1. The predicted molar refractivity (Wildman–Crippen MR) is 249 cm³/mol. The van der Waals surface area contributed by atoms with E-state index in [1.807, 2.05) is 0 Å². The molecular formula is C37H74N16O15. The van der Waals surface area contributed by atoms with E-state index in [0.717, 1.165) is 0 Å². The van der Waals surface area contributed by atoms with Crippen molar-refractivity contribution in [3.8, 4) is 0 Å². The van der Waals surface area contributed by atoms with Gasteiger partial charge in [-0.1, -0.05) is 0 Å². The molecule has 0 saturated heterocycles. The average Bonchev–Trinajstić information content (AvgIpc) is 3.21. The summed E-state index contributed by atoms with van der Waals surface area (Å²) in [5, 5.41) is 71.7. The topological polar surface area (TPSA) is 584 Å². The van der Waals surface area contributed by atoms with E-state index in [-0.39, 0.29) is 48.9 Å². The van der Waals surface area contributed by atoms with Crippen LogP contribution in [-0.4, -0.2) is 182 Å². The Hall–Kier alpha value is -7.12. The third-order valence-corrected chi connectivity index (χ3v) is 8.50. The number of nitrogens with two attached hydrogens (primary N) is 8. The van der Waals surface area contributed by atoms with Crippen LogP contribution in [0.2, 0.25) is 0 Å². The molecule has 0 saturated carbocycles. The van der Waals surface area contributed by atoms with Gasteiger partial charge in [-0.05, 0) is 86.0 Å². The van der Waals surface area contributed by atoms with Gasteiger partial charge in [0, 0.05) is 26.2 Å². The molecule has 68 heavy (non-hydrogen) atoms. The lowest BCUT2D eigenvalue weighted by molar-refractivity contribution is -0.144. The zero-order valence-corrected chi connectivity index (χ0v) is 38.9. The number of hydrogen-bond donors (Lipinski definition) is 19. The second-order valence-electron chi connectivity index (χ2n) is 14.5. The largest absolute Gasteiger partial charge is 0.480 e. The van der Waals surface area contributed by atoms with Crippen LogP contribution in [0.25, 0.3) is 0 Å². The molecule has 0 aliphatic rings. The fraction of sp³-hybridized carbons (Fsp3) is 0.676. The summed E-state index contributed by atoms with van der Waals surface area (Å²) in [6, 6.07) is -6.75. The molecule has 0 rings (SSSR count). The number of carboxylic acid groups (broad SMARTS) is 7. The van der Waals surface area contributed by atoms with Crippen LogP contribution in [-0.2, 0) is 38.4 Å². The molecule has 0 unspecified atom stereocenters. The number of hydrogen-bond acceptors (Lipinski definition) is 16. The highest BCUT2D eigenvalue weighted by Gasteiger charge is 2.25. The van der Waals surface area contributed by atoms with Crippen molar-refractivity contribution < 1.29 is 74.1 Å². The fourth-order valence-electron chi connectivity index (χ4n) is 4.66. The number of nitrogens with zero attached hydrogens (tertiary/aromatic N) is 4. The summed E-state index contributed by atoms with van der Waals surface area (Å²) in [6.07, 6.45) is 3.02. The minimum atomic E-state index is -1.10. The third-order valence-electron chi connectivity index (χ3n) is 8.50. The van der Waals surface area contributed by atoms with Gasteiger partial charge < -0.3 is 81.6 Å². The normalized spacial score (nSPS) is 13.7. The molecule has 31 heteroatoms. The van der Waals surface area contributed by atoms with Crippen molar-refractivity contribution in [3.63, 3.8) is 0 Å². The number of Topliss-reactive ketones (excluding diaryl/α,β-unsaturated/α-hetero) is 1. The summed E-state index contributed by atoms with van der Waals surface area (Å²) in [7, 11) is 0. The van der Waals surface area contributed by atoms with Gasteiger partial charge in [0.2, 0.25) is 0 Å². The molecule has 0 aliphatic carbocycles. The molecule has 0 spiro atoms. The van der Waals surface area contributed by atoms with Gasteiger partial charge in [0.1, 0.15) is 48.1 Å². The standard InChI is InChI=1S/C10H20N4O3.3C9H18N4O4/c1-6(7(2)15)14-8(9(16)17)4-3-5-13-10(11)12;3*1-5(7(14)15)13-6(8(16)17)3-2-4-12-9(10)11/h6,8,14H,3-5H2,1-2H3,(H,16,17)(H4,11,12,13);3*5-6,13H,2-4H2,1H3,(H,14,15)(H,16,17)(H4,10,11,12)/t6-,8+;5-,6+;2*5-,6-/m1010/s1. The number of aliphatic imine (C=N–C) groups is 4. The molecule has 31 nitrogen and oxygen atoms in total. The van der Waals surface area contributed by atoms with Gasteiger partial charge >= 0.3 is 41.8 Å². The summed E-state index contributed by atoms with van der Waals surface area (Å²) < 4.78 is 0. The Morgan fingerprint density at radius 1 is 0.353 bits per heavy atom. The molecule has 0 bridgehead atoms. The summed E-state index contributed by atoms with van der Waals surface area (Å²) in [5.41, 5.74) is 40.9. The van der Waals surface area contributed by atoms with Crippen LogP contribution in [0.3, 0.4) is 0 Å². The Kier molecular flexibility index (Phi) is 38.8. The first-order chi connectivity index (χ1) is 31.4. The van der Waals surface area contributed by atoms with Gasteiger partial charge in [-0.3, -0.25) is 79.6 Å². The van der Waals surface area contributed by atoms with Crippen LogP contribution < -0.4 is 67.1 Å². The number of nitrogens with one attached hydrogen (secondary N) is 4. The van der Waals surface area contributed by atoms with Gasteiger partial charge in [0.05, 0.1) is 6.04 Å². The summed E-state index contributed by atoms with van der Waals surface area (Å²) in [6.45, 7) is 8.52. The van der Waals surface area contributed by atoms with Crippen molar-refractivity contribution in [2.45, 2.75) is 134 Å². The SMILES string of the molecule is CC(=O)[C@@H](C)N[C@@H](CCCN=C(N)N)C(=O)O.C[C@@H](N[C@H](CCCN=C(N)N)C(=O)O)C(=O)O.C[C@H](N[C@@H](CCCN=C(N)N)C(=O)O)C(=O)O.C[C@H](N[C@H](CCCN=C(N)N)C(=O)O)C(=O)O. The lowest BCUT2D eigenvalue weighted by Crippen LogP contribution is -2.45. The van der Waals surface area contributed by atoms with E-state index in [1.54, 1.807) is 6.92 Å². The minimum Gasteiger partial charge on any atom is -0.480 e.